The molecule has 0 aromatic carbocycles. The number of rotatable bonds is 1. The maximum Gasteiger partial charge on any atom is 0.186 e. The van der Waals surface area contributed by atoms with Crippen LogP contribution in [0.15, 0.2) is 18.6 Å². The van der Waals surface area contributed by atoms with Gasteiger partial charge in [0.05, 0.1) is 18.0 Å². The lowest BCUT2D eigenvalue weighted by Gasteiger charge is -1.86. The minimum Gasteiger partial charge on any atom is -0.298 e. The summed E-state index contributed by atoms with van der Waals surface area (Å²) in [5.41, 5.74) is 0.945. The Labute approximate surface area is 61.7 Å². The molecule has 0 radical (unpaired) electrons. The van der Waals surface area contributed by atoms with Crippen molar-refractivity contribution in [2.45, 2.75) is 0 Å². The minimum absolute atomic E-state index is 0.457. The molecule has 0 unspecified atom stereocenters. The summed E-state index contributed by atoms with van der Waals surface area (Å²) in [5.74, 6) is 0. The molecule has 0 bridgehead atoms. The van der Waals surface area contributed by atoms with E-state index in [-0.39, 0.29) is 0 Å². The molecule has 0 amide bonds. The molecule has 11 heavy (non-hydrogen) atoms. The average Bonchev–Trinajstić information content (AvgIpc) is 2.47. The predicted octanol–water partition coefficient (Wildman–Crippen LogP) is -0.0632. The summed E-state index contributed by atoms with van der Waals surface area (Å²) in [5, 5.41) is 7.64. The highest BCUT2D eigenvalue weighted by Crippen LogP contribution is 2.00. The number of hydrogen-bond acceptors (Lipinski definition) is 4. The molecule has 0 saturated carbocycles. The van der Waals surface area contributed by atoms with Gasteiger partial charge in [-0.15, -0.1) is 4.63 Å². The second-order valence-corrected chi connectivity index (χ2v) is 1.97. The van der Waals surface area contributed by atoms with Crippen molar-refractivity contribution >= 4 is 11.9 Å². The largest absolute Gasteiger partial charge is 0.298 e. The SMILES string of the molecule is O=Cc1cnn2nccnc12. The van der Waals surface area contributed by atoms with Crippen molar-refractivity contribution in [2.75, 3.05) is 0 Å². The first-order valence-electron chi connectivity index (χ1n) is 3.02. The number of carbonyl (C=O) groups is 1. The second-order valence-electron chi connectivity index (χ2n) is 1.97. The highest BCUT2D eigenvalue weighted by atomic mass is 16.1. The van der Waals surface area contributed by atoms with Crippen molar-refractivity contribution in [1.29, 1.82) is 0 Å². The lowest BCUT2D eigenvalue weighted by molar-refractivity contribution is 0.112. The fourth-order valence-corrected chi connectivity index (χ4v) is 0.835. The molecule has 0 fully saturated rings. The van der Waals surface area contributed by atoms with Crippen LogP contribution in [0.3, 0.4) is 0 Å². The monoisotopic (exact) mass is 148 g/mol. The summed E-state index contributed by atoms with van der Waals surface area (Å²) in [6, 6.07) is 0. The zero-order chi connectivity index (χ0) is 7.68. The van der Waals surface area contributed by atoms with Crippen LogP contribution < -0.4 is 0 Å². The van der Waals surface area contributed by atoms with Crippen LogP contribution in [0, 0.1) is 0 Å². The van der Waals surface area contributed by atoms with E-state index in [0.29, 0.717) is 17.5 Å². The van der Waals surface area contributed by atoms with E-state index in [1.54, 1.807) is 0 Å². The van der Waals surface area contributed by atoms with Gasteiger partial charge in [0, 0.05) is 6.20 Å². The molecule has 54 valence electrons. The van der Waals surface area contributed by atoms with Crippen LogP contribution in [0.25, 0.3) is 5.65 Å². The minimum atomic E-state index is 0.457. The molecule has 0 N–H and O–H groups in total. The van der Waals surface area contributed by atoms with Crippen molar-refractivity contribution in [3.05, 3.63) is 24.2 Å². The van der Waals surface area contributed by atoms with Crippen molar-refractivity contribution in [1.82, 2.24) is 19.8 Å². The molecule has 0 saturated heterocycles. The molecule has 0 aliphatic carbocycles. The van der Waals surface area contributed by atoms with E-state index in [9.17, 15) is 4.79 Å². The fraction of sp³-hybridized carbons (Fsp3) is 0. The lowest BCUT2D eigenvalue weighted by Crippen LogP contribution is -1.93. The summed E-state index contributed by atoms with van der Waals surface area (Å²) < 4.78 is 1.31. The third kappa shape index (κ3) is 0.778. The predicted molar refractivity (Wildman–Crippen MR) is 36.2 cm³/mol. The normalized spacial score (nSPS) is 10.2. The van der Waals surface area contributed by atoms with E-state index < -0.39 is 0 Å². The van der Waals surface area contributed by atoms with E-state index >= 15 is 0 Å². The summed E-state index contributed by atoms with van der Waals surface area (Å²) in [4.78, 5) is 14.3. The maximum atomic E-state index is 10.4. The van der Waals surface area contributed by atoms with E-state index in [0.717, 1.165) is 0 Å². The second kappa shape index (κ2) is 2.12. The standard InChI is InChI=1S/C6H4N4O/c11-4-5-3-9-10-6(5)7-1-2-8-10/h1-4H. The molecular formula is C6H4N4O. The Morgan fingerprint density at radius 2 is 2.27 bits per heavy atom. The molecule has 2 aromatic heterocycles. The van der Waals surface area contributed by atoms with E-state index in [4.69, 9.17) is 0 Å². The fourth-order valence-electron chi connectivity index (χ4n) is 0.835. The zero-order valence-electron chi connectivity index (χ0n) is 5.51. The first kappa shape index (κ1) is 5.96. The van der Waals surface area contributed by atoms with Gasteiger partial charge in [-0.25, -0.2) is 4.98 Å². The Morgan fingerprint density at radius 3 is 3.09 bits per heavy atom. The van der Waals surface area contributed by atoms with Crippen molar-refractivity contribution < 1.29 is 4.79 Å². The van der Waals surface area contributed by atoms with Crippen LogP contribution in [0.5, 0.6) is 0 Å². The van der Waals surface area contributed by atoms with Crippen LogP contribution in [0.2, 0.25) is 0 Å². The highest BCUT2D eigenvalue weighted by molar-refractivity contribution is 5.83. The molecular weight excluding hydrogens is 144 g/mol. The van der Waals surface area contributed by atoms with Crippen LogP contribution in [-0.2, 0) is 0 Å². The molecule has 5 heteroatoms. The van der Waals surface area contributed by atoms with Gasteiger partial charge < -0.3 is 0 Å². The number of hydrogen-bond donors (Lipinski definition) is 0. The average molecular weight is 148 g/mol. The smallest absolute Gasteiger partial charge is 0.186 e. The maximum absolute atomic E-state index is 10.4. The van der Waals surface area contributed by atoms with Gasteiger partial charge in [-0.2, -0.15) is 10.2 Å². The summed E-state index contributed by atoms with van der Waals surface area (Å²) in [6.07, 6.45) is 5.16. The Kier molecular flexibility index (Phi) is 1.15. The van der Waals surface area contributed by atoms with Crippen molar-refractivity contribution in [2.24, 2.45) is 0 Å². The summed E-state index contributed by atoms with van der Waals surface area (Å²) >= 11 is 0. The zero-order valence-corrected chi connectivity index (χ0v) is 5.51. The van der Waals surface area contributed by atoms with Gasteiger partial charge in [-0.1, -0.05) is 0 Å². The third-order valence-corrected chi connectivity index (χ3v) is 1.32. The molecule has 0 aliphatic heterocycles. The van der Waals surface area contributed by atoms with Crippen LogP contribution in [0.4, 0.5) is 0 Å². The van der Waals surface area contributed by atoms with Gasteiger partial charge in [-0.05, 0) is 0 Å². The molecule has 5 nitrogen and oxygen atoms in total. The Morgan fingerprint density at radius 1 is 1.36 bits per heavy atom. The first-order chi connectivity index (χ1) is 5.42. The number of nitrogens with zero attached hydrogens (tertiary/aromatic N) is 4. The van der Waals surface area contributed by atoms with Gasteiger partial charge in [0.1, 0.15) is 0 Å². The van der Waals surface area contributed by atoms with Crippen molar-refractivity contribution in [3.63, 3.8) is 0 Å². The first-order valence-corrected chi connectivity index (χ1v) is 3.02. The van der Waals surface area contributed by atoms with E-state index in [1.165, 1.54) is 23.2 Å². The molecule has 0 atom stereocenters. The van der Waals surface area contributed by atoms with E-state index in [2.05, 4.69) is 15.2 Å². The Bertz CT molecular complexity index is 394. The van der Waals surface area contributed by atoms with E-state index in [1.807, 2.05) is 0 Å². The summed E-state index contributed by atoms with van der Waals surface area (Å²) in [7, 11) is 0. The number of carbonyl (C=O) groups excluding carboxylic acids is 1. The molecule has 0 aliphatic rings. The molecule has 2 aromatic rings. The highest BCUT2D eigenvalue weighted by Gasteiger charge is 2.01. The number of aldehydes is 1. The lowest BCUT2D eigenvalue weighted by atomic mass is 10.4. The topological polar surface area (TPSA) is 60.2 Å². The van der Waals surface area contributed by atoms with Crippen molar-refractivity contribution in [3.8, 4) is 0 Å². The van der Waals surface area contributed by atoms with Gasteiger partial charge >= 0.3 is 0 Å². The third-order valence-electron chi connectivity index (χ3n) is 1.32. The van der Waals surface area contributed by atoms with Gasteiger partial charge in [0.15, 0.2) is 11.9 Å². The van der Waals surface area contributed by atoms with Gasteiger partial charge in [0.25, 0.3) is 0 Å². The quantitative estimate of drug-likeness (QED) is 0.531. The Balaban J connectivity index is 2.86. The molecule has 2 rings (SSSR count). The van der Waals surface area contributed by atoms with Gasteiger partial charge in [-0.3, -0.25) is 4.79 Å². The van der Waals surface area contributed by atoms with Gasteiger partial charge in [0.2, 0.25) is 0 Å². The van der Waals surface area contributed by atoms with Crippen LogP contribution >= 0.6 is 0 Å². The Hall–Kier alpha value is -1.78. The van der Waals surface area contributed by atoms with Crippen LogP contribution in [0.1, 0.15) is 10.4 Å². The summed E-state index contributed by atoms with van der Waals surface area (Å²) in [6.45, 7) is 0. The molecule has 2 heterocycles. The number of fused-ring (bicyclic) bond motifs is 1. The molecule has 0 spiro atoms. The van der Waals surface area contributed by atoms with Crippen LogP contribution in [-0.4, -0.2) is 26.1 Å². The number of aromatic nitrogens is 4.